The molecule has 2 N–H and O–H groups in total. The third-order valence-corrected chi connectivity index (χ3v) is 3.84. The molecule has 3 heteroatoms. The highest BCUT2D eigenvalue weighted by atomic mass is 16.5. The second-order valence-corrected chi connectivity index (χ2v) is 6.08. The van der Waals surface area contributed by atoms with Crippen molar-refractivity contribution in [2.24, 2.45) is 11.7 Å². The minimum atomic E-state index is 0.114. The topological polar surface area (TPSA) is 48.1 Å². The Balaban J connectivity index is 2.06. The van der Waals surface area contributed by atoms with Crippen molar-refractivity contribution < 1.29 is 4.74 Å². The van der Waals surface area contributed by atoms with E-state index in [4.69, 9.17) is 10.5 Å². The number of hydrogen-bond acceptors (Lipinski definition) is 3. The van der Waals surface area contributed by atoms with E-state index in [1.54, 1.807) is 0 Å². The van der Waals surface area contributed by atoms with E-state index in [1.807, 2.05) is 19.9 Å². The van der Waals surface area contributed by atoms with Crippen molar-refractivity contribution in [3.8, 4) is 5.75 Å². The SMILES string of the molecule is Cc1ccc(OC2CCC(C)CC2)c(CC(C)N)n1. The van der Waals surface area contributed by atoms with E-state index in [-0.39, 0.29) is 6.04 Å². The Morgan fingerprint density at radius 3 is 2.63 bits per heavy atom. The number of nitrogens with two attached hydrogens (primary N) is 1. The van der Waals surface area contributed by atoms with Crippen molar-refractivity contribution in [2.45, 2.75) is 65.0 Å². The van der Waals surface area contributed by atoms with Crippen LogP contribution in [-0.2, 0) is 6.42 Å². The summed E-state index contributed by atoms with van der Waals surface area (Å²) in [6, 6.07) is 4.19. The van der Waals surface area contributed by atoms with Crippen LogP contribution in [0.5, 0.6) is 5.75 Å². The van der Waals surface area contributed by atoms with E-state index >= 15 is 0 Å². The average Bonchev–Trinajstić information content (AvgIpc) is 2.34. The minimum Gasteiger partial charge on any atom is -0.489 e. The molecule has 0 aliphatic heterocycles. The molecule has 1 heterocycles. The lowest BCUT2D eigenvalue weighted by Crippen LogP contribution is -2.25. The van der Waals surface area contributed by atoms with Crippen LogP contribution >= 0.6 is 0 Å². The van der Waals surface area contributed by atoms with Crippen molar-refractivity contribution in [3.63, 3.8) is 0 Å². The van der Waals surface area contributed by atoms with Gasteiger partial charge in [0.15, 0.2) is 0 Å². The second-order valence-electron chi connectivity index (χ2n) is 6.08. The Kier molecular flexibility index (Phi) is 4.81. The molecule has 0 saturated heterocycles. The van der Waals surface area contributed by atoms with Crippen molar-refractivity contribution >= 4 is 0 Å². The molecule has 0 aromatic carbocycles. The molecule has 0 amide bonds. The summed E-state index contributed by atoms with van der Waals surface area (Å²) < 4.78 is 6.17. The first-order valence-corrected chi connectivity index (χ1v) is 7.43. The van der Waals surface area contributed by atoms with Gasteiger partial charge >= 0.3 is 0 Å². The molecule has 106 valence electrons. The maximum atomic E-state index is 6.17. The van der Waals surface area contributed by atoms with Crippen LogP contribution in [-0.4, -0.2) is 17.1 Å². The summed E-state index contributed by atoms with van der Waals surface area (Å²) in [7, 11) is 0. The van der Waals surface area contributed by atoms with Crippen molar-refractivity contribution in [3.05, 3.63) is 23.5 Å². The van der Waals surface area contributed by atoms with Gasteiger partial charge in [0.2, 0.25) is 0 Å². The highest BCUT2D eigenvalue weighted by molar-refractivity contribution is 5.30. The van der Waals surface area contributed by atoms with Gasteiger partial charge in [0, 0.05) is 18.2 Å². The monoisotopic (exact) mass is 262 g/mol. The highest BCUT2D eigenvalue weighted by Gasteiger charge is 2.21. The molecule has 1 aromatic rings. The number of ether oxygens (including phenoxy) is 1. The molecule has 0 bridgehead atoms. The average molecular weight is 262 g/mol. The van der Waals surface area contributed by atoms with E-state index in [9.17, 15) is 0 Å². The maximum Gasteiger partial charge on any atom is 0.141 e. The van der Waals surface area contributed by atoms with Crippen LogP contribution in [0.4, 0.5) is 0 Å². The quantitative estimate of drug-likeness (QED) is 0.906. The Morgan fingerprint density at radius 2 is 2.00 bits per heavy atom. The molecule has 1 aromatic heterocycles. The summed E-state index contributed by atoms with van der Waals surface area (Å²) >= 11 is 0. The van der Waals surface area contributed by atoms with Crippen LogP contribution in [0.1, 0.15) is 50.9 Å². The molecular weight excluding hydrogens is 236 g/mol. The van der Waals surface area contributed by atoms with Crippen LogP contribution in [0.3, 0.4) is 0 Å². The zero-order valence-corrected chi connectivity index (χ0v) is 12.4. The standard InChI is InChI=1S/C16H26N2O/c1-11-4-7-14(8-5-11)19-16-9-6-13(3)18-15(16)10-12(2)17/h6,9,11-12,14H,4-5,7-8,10,17H2,1-3H3. The van der Waals surface area contributed by atoms with E-state index in [1.165, 1.54) is 12.8 Å². The summed E-state index contributed by atoms with van der Waals surface area (Å²) in [5.74, 6) is 1.78. The van der Waals surface area contributed by atoms with Gasteiger partial charge in [-0.2, -0.15) is 0 Å². The lowest BCUT2D eigenvalue weighted by atomic mass is 9.89. The Morgan fingerprint density at radius 1 is 1.32 bits per heavy atom. The van der Waals surface area contributed by atoms with E-state index in [2.05, 4.69) is 18.0 Å². The van der Waals surface area contributed by atoms with Gasteiger partial charge in [0.05, 0.1) is 11.8 Å². The van der Waals surface area contributed by atoms with Gasteiger partial charge in [-0.15, -0.1) is 0 Å². The van der Waals surface area contributed by atoms with Gasteiger partial charge in [0.25, 0.3) is 0 Å². The number of pyridine rings is 1. The summed E-state index contributed by atoms with van der Waals surface area (Å²) in [6.45, 7) is 6.35. The van der Waals surface area contributed by atoms with Gasteiger partial charge in [-0.1, -0.05) is 6.92 Å². The zero-order chi connectivity index (χ0) is 13.8. The smallest absolute Gasteiger partial charge is 0.141 e. The Labute approximate surface area is 116 Å². The summed E-state index contributed by atoms with van der Waals surface area (Å²) in [4.78, 5) is 4.59. The summed E-state index contributed by atoms with van der Waals surface area (Å²) in [5.41, 5.74) is 7.94. The van der Waals surface area contributed by atoms with Gasteiger partial charge in [-0.3, -0.25) is 4.98 Å². The summed E-state index contributed by atoms with van der Waals surface area (Å²) in [6.07, 6.45) is 5.99. The third-order valence-electron chi connectivity index (χ3n) is 3.84. The highest BCUT2D eigenvalue weighted by Crippen LogP contribution is 2.28. The van der Waals surface area contributed by atoms with Gasteiger partial charge in [-0.05, 0) is 57.6 Å². The molecule has 1 unspecified atom stereocenters. The van der Waals surface area contributed by atoms with Crippen molar-refractivity contribution in [2.75, 3.05) is 0 Å². The lowest BCUT2D eigenvalue weighted by Gasteiger charge is -2.27. The second kappa shape index (κ2) is 6.38. The van der Waals surface area contributed by atoms with Crippen molar-refractivity contribution in [1.29, 1.82) is 0 Å². The molecule has 1 aliphatic carbocycles. The maximum absolute atomic E-state index is 6.17. The van der Waals surface area contributed by atoms with Gasteiger partial charge < -0.3 is 10.5 Å². The fraction of sp³-hybridized carbons (Fsp3) is 0.688. The number of aromatic nitrogens is 1. The Hall–Kier alpha value is -1.09. The van der Waals surface area contributed by atoms with Gasteiger partial charge in [0.1, 0.15) is 5.75 Å². The molecular formula is C16H26N2O. The molecule has 1 aliphatic rings. The number of hydrogen-bond donors (Lipinski definition) is 1. The van der Waals surface area contributed by atoms with E-state index < -0.39 is 0 Å². The normalized spacial score (nSPS) is 25.1. The van der Waals surface area contributed by atoms with E-state index in [0.29, 0.717) is 6.10 Å². The predicted molar refractivity (Wildman–Crippen MR) is 78.4 cm³/mol. The van der Waals surface area contributed by atoms with Crippen LogP contribution in [0.2, 0.25) is 0 Å². The molecule has 0 spiro atoms. The number of aryl methyl sites for hydroxylation is 1. The molecule has 1 atom stereocenters. The lowest BCUT2D eigenvalue weighted by molar-refractivity contribution is 0.133. The molecule has 0 radical (unpaired) electrons. The first kappa shape index (κ1) is 14.3. The fourth-order valence-corrected chi connectivity index (χ4v) is 2.68. The van der Waals surface area contributed by atoms with Crippen molar-refractivity contribution in [1.82, 2.24) is 4.98 Å². The van der Waals surface area contributed by atoms with Crippen LogP contribution in [0.25, 0.3) is 0 Å². The molecule has 1 fully saturated rings. The molecule has 2 rings (SSSR count). The van der Waals surface area contributed by atoms with E-state index in [0.717, 1.165) is 42.3 Å². The fourth-order valence-electron chi connectivity index (χ4n) is 2.68. The first-order valence-electron chi connectivity index (χ1n) is 7.43. The summed E-state index contributed by atoms with van der Waals surface area (Å²) in [5, 5.41) is 0. The van der Waals surface area contributed by atoms with Crippen LogP contribution in [0, 0.1) is 12.8 Å². The zero-order valence-electron chi connectivity index (χ0n) is 12.4. The number of rotatable bonds is 4. The largest absolute Gasteiger partial charge is 0.489 e. The van der Waals surface area contributed by atoms with Gasteiger partial charge in [-0.25, -0.2) is 0 Å². The molecule has 3 nitrogen and oxygen atoms in total. The van der Waals surface area contributed by atoms with Crippen LogP contribution < -0.4 is 10.5 Å². The molecule has 1 saturated carbocycles. The number of nitrogens with zero attached hydrogens (tertiary/aromatic N) is 1. The third kappa shape index (κ3) is 4.20. The Bertz CT molecular complexity index is 409. The minimum absolute atomic E-state index is 0.114. The molecule has 19 heavy (non-hydrogen) atoms. The van der Waals surface area contributed by atoms with Crippen LogP contribution in [0.15, 0.2) is 12.1 Å². The predicted octanol–water partition coefficient (Wildman–Crippen LogP) is 3.24. The first-order chi connectivity index (χ1) is 9.04.